The predicted octanol–water partition coefficient (Wildman–Crippen LogP) is 4.45. The van der Waals surface area contributed by atoms with E-state index in [1.165, 1.54) is 0 Å². The van der Waals surface area contributed by atoms with Gasteiger partial charge in [-0.1, -0.05) is 71.0 Å². The third-order valence-corrected chi connectivity index (χ3v) is 5.08. The lowest BCUT2D eigenvalue weighted by Gasteiger charge is -1.95. The maximum Gasteiger partial charge on any atom is 0.167 e. The molecule has 0 bridgehead atoms. The van der Waals surface area contributed by atoms with E-state index in [0.29, 0.717) is 23.0 Å². The Morgan fingerprint density at radius 3 is 2.19 bits per heavy atom. The van der Waals surface area contributed by atoms with Crippen LogP contribution in [0.4, 0.5) is 0 Å². The summed E-state index contributed by atoms with van der Waals surface area (Å²) in [7, 11) is -1.16. The van der Waals surface area contributed by atoms with Crippen molar-refractivity contribution in [2.75, 3.05) is 0 Å². The lowest BCUT2D eigenvalue weighted by molar-refractivity contribution is 0.396. The van der Waals surface area contributed by atoms with Gasteiger partial charge >= 0.3 is 0 Å². The summed E-state index contributed by atoms with van der Waals surface area (Å²) < 4.78 is 23.1. The molecular formula is C20H16N2O3S. The second-order valence-electron chi connectivity index (χ2n) is 5.82. The summed E-state index contributed by atoms with van der Waals surface area (Å²) in [5, 5.41) is 8.06. The monoisotopic (exact) mass is 364 g/mol. The van der Waals surface area contributed by atoms with Crippen LogP contribution in [0.3, 0.4) is 0 Å². The van der Waals surface area contributed by atoms with E-state index in [4.69, 9.17) is 9.05 Å². The highest BCUT2D eigenvalue weighted by atomic mass is 32.2. The molecule has 6 heteroatoms. The van der Waals surface area contributed by atoms with E-state index in [1.54, 1.807) is 0 Å². The largest absolute Gasteiger partial charge is 0.360 e. The zero-order valence-electron chi connectivity index (χ0n) is 13.9. The van der Waals surface area contributed by atoms with Gasteiger partial charge in [-0.3, -0.25) is 4.21 Å². The standard InChI is InChI=1S/C20H16N2O3S/c23-26(13-17-11-20(25-21-17)16-9-5-2-6-10-16)14-18-12-19(22-24-18)15-7-3-1-4-8-15/h1-12H,13-14H2/t26-/m1/s1. The van der Waals surface area contributed by atoms with Crippen molar-refractivity contribution >= 4 is 10.8 Å². The van der Waals surface area contributed by atoms with E-state index in [9.17, 15) is 4.21 Å². The summed E-state index contributed by atoms with van der Waals surface area (Å²) in [5.41, 5.74) is 3.31. The Bertz CT molecular complexity index is 928. The molecule has 130 valence electrons. The first kappa shape index (κ1) is 16.5. The Labute approximate surface area is 153 Å². The minimum Gasteiger partial charge on any atom is -0.360 e. The van der Waals surface area contributed by atoms with Crippen molar-refractivity contribution in [3.63, 3.8) is 0 Å². The number of aromatic nitrogens is 2. The fraction of sp³-hybridized carbons (Fsp3) is 0.100. The van der Waals surface area contributed by atoms with Gasteiger partial charge in [0.15, 0.2) is 5.76 Å². The lowest BCUT2D eigenvalue weighted by Crippen LogP contribution is -1.98. The lowest BCUT2D eigenvalue weighted by atomic mass is 10.1. The van der Waals surface area contributed by atoms with E-state index in [0.717, 1.165) is 16.8 Å². The van der Waals surface area contributed by atoms with Gasteiger partial charge < -0.3 is 9.05 Å². The van der Waals surface area contributed by atoms with Gasteiger partial charge in [-0.2, -0.15) is 0 Å². The van der Waals surface area contributed by atoms with Crippen LogP contribution in [0.5, 0.6) is 0 Å². The van der Waals surface area contributed by atoms with E-state index < -0.39 is 10.8 Å². The molecule has 4 aromatic rings. The highest BCUT2D eigenvalue weighted by Gasteiger charge is 2.13. The second-order valence-corrected chi connectivity index (χ2v) is 7.28. The topological polar surface area (TPSA) is 69.1 Å². The van der Waals surface area contributed by atoms with Gasteiger partial charge in [-0.15, -0.1) is 0 Å². The fourth-order valence-corrected chi connectivity index (χ4v) is 3.64. The molecule has 0 saturated carbocycles. The number of hydrogen-bond donors (Lipinski definition) is 0. The first-order valence-electron chi connectivity index (χ1n) is 8.15. The quantitative estimate of drug-likeness (QED) is 0.506. The summed E-state index contributed by atoms with van der Waals surface area (Å²) in [5.74, 6) is 1.85. The number of rotatable bonds is 6. The van der Waals surface area contributed by atoms with Crippen molar-refractivity contribution in [3.8, 4) is 22.6 Å². The Balaban J connectivity index is 1.40. The molecule has 0 fully saturated rings. The van der Waals surface area contributed by atoms with Crippen LogP contribution >= 0.6 is 0 Å². The van der Waals surface area contributed by atoms with Crippen LogP contribution in [0, 0.1) is 0 Å². The number of hydrogen-bond acceptors (Lipinski definition) is 5. The molecule has 5 nitrogen and oxygen atoms in total. The van der Waals surface area contributed by atoms with Gasteiger partial charge in [-0.05, 0) is 0 Å². The van der Waals surface area contributed by atoms with Gasteiger partial charge in [0, 0.05) is 34.1 Å². The molecule has 0 N–H and O–H groups in total. The molecule has 1 atom stereocenters. The minimum absolute atomic E-state index is 0.285. The molecule has 0 amide bonds. The van der Waals surface area contributed by atoms with Crippen molar-refractivity contribution in [1.82, 2.24) is 10.3 Å². The SMILES string of the molecule is O=[S@](Cc1cc(-c2ccccc2)on1)Cc1cc(-c2ccccc2)no1. The number of nitrogens with zero attached hydrogens (tertiary/aromatic N) is 2. The molecule has 0 spiro atoms. The summed E-state index contributed by atoms with van der Waals surface area (Å²) in [6, 6.07) is 23.1. The van der Waals surface area contributed by atoms with Crippen LogP contribution in [0.2, 0.25) is 0 Å². The first-order chi connectivity index (χ1) is 12.8. The highest BCUT2D eigenvalue weighted by Crippen LogP contribution is 2.22. The van der Waals surface area contributed by atoms with Gasteiger partial charge in [0.1, 0.15) is 11.5 Å². The summed E-state index contributed by atoms with van der Waals surface area (Å²) in [6.45, 7) is 0. The minimum atomic E-state index is -1.16. The normalized spacial score (nSPS) is 12.2. The van der Waals surface area contributed by atoms with Crippen LogP contribution in [-0.4, -0.2) is 14.5 Å². The van der Waals surface area contributed by atoms with Crippen LogP contribution in [0.1, 0.15) is 11.5 Å². The Hall–Kier alpha value is -2.99. The third-order valence-electron chi connectivity index (χ3n) is 3.86. The molecule has 0 saturated heterocycles. The van der Waals surface area contributed by atoms with Crippen molar-refractivity contribution in [3.05, 3.63) is 84.3 Å². The molecule has 4 rings (SSSR count). The summed E-state index contributed by atoms with van der Waals surface area (Å²) in [4.78, 5) is 0. The number of benzene rings is 2. The van der Waals surface area contributed by atoms with Crippen molar-refractivity contribution in [2.24, 2.45) is 0 Å². The Morgan fingerprint density at radius 2 is 1.46 bits per heavy atom. The predicted molar refractivity (Wildman–Crippen MR) is 99.4 cm³/mol. The first-order valence-corrected chi connectivity index (χ1v) is 9.64. The second kappa shape index (κ2) is 7.49. The Morgan fingerprint density at radius 1 is 0.769 bits per heavy atom. The van der Waals surface area contributed by atoms with Crippen molar-refractivity contribution in [2.45, 2.75) is 11.5 Å². The van der Waals surface area contributed by atoms with E-state index >= 15 is 0 Å². The van der Waals surface area contributed by atoms with Crippen LogP contribution in [-0.2, 0) is 22.3 Å². The van der Waals surface area contributed by atoms with Crippen LogP contribution in [0.15, 0.2) is 81.8 Å². The molecule has 26 heavy (non-hydrogen) atoms. The average Bonchev–Trinajstić information content (AvgIpc) is 3.33. The molecule has 0 aliphatic heterocycles. The van der Waals surface area contributed by atoms with Crippen LogP contribution < -0.4 is 0 Å². The summed E-state index contributed by atoms with van der Waals surface area (Å²) in [6.07, 6.45) is 0. The smallest absolute Gasteiger partial charge is 0.167 e. The van der Waals surface area contributed by atoms with Gasteiger partial charge in [-0.25, -0.2) is 0 Å². The summed E-state index contributed by atoms with van der Waals surface area (Å²) >= 11 is 0. The molecule has 0 aliphatic rings. The molecule has 0 aliphatic carbocycles. The van der Waals surface area contributed by atoms with Crippen LogP contribution in [0.25, 0.3) is 22.6 Å². The highest BCUT2D eigenvalue weighted by molar-refractivity contribution is 7.83. The molecule has 2 heterocycles. The van der Waals surface area contributed by atoms with Gasteiger partial charge in [0.2, 0.25) is 0 Å². The third kappa shape index (κ3) is 3.81. The van der Waals surface area contributed by atoms with Gasteiger partial charge in [0.25, 0.3) is 0 Å². The molecule has 0 radical (unpaired) electrons. The van der Waals surface area contributed by atoms with Crippen molar-refractivity contribution in [1.29, 1.82) is 0 Å². The fourth-order valence-electron chi connectivity index (χ4n) is 2.62. The van der Waals surface area contributed by atoms with E-state index in [1.807, 2.05) is 72.8 Å². The maximum absolute atomic E-state index is 12.4. The van der Waals surface area contributed by atoms with E-state index in [2.05, 4.69) is 10.3 Å². The Kier molecular flexibility index (Phi) is 4.75. The molecule has 2 aromatic heterocycles. The molecule has 0 unspecified atom stereocenters. The molecular weight excluding hydrogens is 348 g/mol. The van der Waals surface area contributed by atoms with E-state index in [-0.39, 0.29) is 5.75 Å². The average molecular weight is 364 g/mol. The molecule has 2 aromatic carbocycles. The zero-order valence-corrected chi connectivity index (χ0v) is 14.7. The van der Waals surface area contributed by atoms with Gasteiger partial charge in [0.05, 0.1) is 17.2 Å². The zero-order chi connectivity index (χ0) is 17.8. The van der Waals surface area contributed by atoms with Crippen molar-refractivity contribution < 1.29 is 13.3 Å². The maximum atomic E-state index is 12.4.